The van der Waals surface area contributed by atoms with Gasteiger partial charge in [0, 0.05) is 17.4 Å². The Morgan fingerprint density at radius 1 is 1.43 bits per heavy atom. The van der Waals surface area contributed by atoms with Gasteiger partial charge in [-0.05, 0) is 44.2 Å². The lowest BCUT2D eigenvalue weighted by Gasteiger charge is -2.16. The normalized spacial score (nSPS) is 27.4. The zero-order chi connectivity index (χ0) is 9.71. The Bertz CT molecular complexity index is 422. The van der Waals surface area contributed by atoms with Gasteiger partial charge in [-0.1, -0.05) is 18.2 Å². The number of rotatable bonds is 1. The molecule has 0 aromatic heterocycles. The second kappa shape index (κ2) is 2.99. The number of hydrogen-bond donors (Lipinski definition) is 0. The van der Waals surface area contributed by atoms with Gasteiger partial charge in [0.2, 0.25) is 0 Å². The summed E-state index contributed by atoms with van der Waals surface area (Å²) in [6.07, 6.45) is 3.64. The molecular weight excluding hydrogens is 287 g/mol. The van der Waals surface area contributed by atoms with Crippen LogP contribution in [0.15, 0.2) is 27.9 Å². The number of allylic oxidation sites excluding steroid dienone is 2. The highest BCUT2D eigenvalue weighted by molar-refractivity contribution is 14.1. The number of fused-ring (bicyclic) bond motifs is 5. The van der Waals surface area contributed by atoms with Gasteiger partial charge >= 0.3 is 0 Å². The van der Waals surface area contributed by atoms with E-state index in [2.05, 4.69) is 46.9 Å². The Labute approximate surface area is 97.3 Å². The van der Waals surface area contributed by atoms with E-state index in [1.165, 1.54) is 21.1 Å². The summed E-state index contributed by atoms with van der Waals surface area (Å²) in [5.74, 6) is 2.33. The fourth-order valence-electron chi connectivity index (χ4n) is 2.66. The maximum atomic E-state index is 5.41. The molecule has 0 amide bonds. The van der Waals surface area contributed by atoms with Crippen LogP contribution in [0.1, 0.15) is 29.4 Å². The van der Waals surface area contributed by atoms with Crippen LogP contribution in [-0.2, 0) is 0 Å². The van der Waals surface area contributed by atoms with Gasteiger partial charge in [0.25, 0.3) is 0 Å². The SMILES string of the molecule is COc1cccc2c1C1C=C(I)C2C1. The lowest BCUT2D eigenvalue weighted by atomic mass is 9.96. The molecule has 1 aromatic rings. The quantitative estimate of drug-likeness (QED) is 0.720. The monoisotopic (exact) mass is 298 g/mol. The van der Waals surface area contributed by atoms with Gasteiger partial charge in [0.05, 0.1) is 7.11 Å². The summed E-state index contributed by atoms with van der Waals surface area (Å²) in [5, 5.41) is 0. The highest BCUT2D eigenvalue weighted by atomic mass is 127. The second-order valence-electron chi connectivity index (χ2n) is 3.91. The van der Waals surface area contributed by atoms with Crippen molar-refractivity contribution in [2.75, 3.05) is 7.11 Å². The standard InChI is InChI=1S/C12H11IO/c1-14-11-4-2-3-8-9-5-7(12(8)11)6-10(9)13/h2-4,6-7,9H,5H2,1H3. The first-order valence-electron chi connectivity index (χ1n) is 4.85. The molecule has 0 aliphatic heterocycles. The zero-order valence-corrected chi connectivity index (χ0v) is 10.1. The highest BCUT2D eigenvalue weighted by Crippen LogP contribution is 2.56. The van der Waals surface area contributed by atoms with Gasteiger partial charge in [-0.3, -0.25) is 0 Å². The smallest absolute Gasteiger partial charge is 0.122 e. The van der Waals surface area contributed by atoms with Crippen LogP contribution >= 0.6 is 22.6 Å². The summed E-state index contributed by atoms with van der Waals surface area (Å²) in [7, 11) is 1.76. The minimum absolute atomic E-state index is 0.609. The first-order valence-corrected chi connectivity index (χ1v) is 5.93. The molecule has 0 fully saturated rings. The number of hydrogen-bond acceptors (Lipinski definition) is 1. The number of halogens is 1. The highest BCUT2D eigenvalue weighted by Gasteiger charge is 2.38. The maximum absolute atomic E-state index is 5.41. The van der Waals surface area contributed by atoms with E-state index in [-0.39, 0.29) is 0 Å². The van der Waals surface area contributed by atoms with Crippen LogP contribution < -0.4 is 4.74 Å². The van der Waals surface area contributed by atoms with Crippen molar-refractivity contribution in [2.24, 2.45) is 0 Å². The van der Waals surface area contributed by atoms with Crippen LogP contribution in [0, 0.1) is 0 Å². The predicted molar refractivity (Wildman–Crippen MR) is 65.2 cm³/mol. The van der Waals surface area contributed by atoms with Crippen LogP contribution in [0.4, 0.5) is 0 Å². The van der Waals surface area contributed by atoms with Crippen LogP contribution in [0.3, 0.4) is 0 Å². The second-order valence-corrected chi connectivity index (χ2v) is 5.16. The average Bonchev–Trinajstić information content (AvgIpc) is 2.74. The van der Waals surface area contributed by atoms with Crippen LogP contribution in [-0.4, -0.2) is 7.11 Å². The molecule has 0 radical (unpaired) electrons. The molecule has 2 aliphatic carbocycles. The molecule has 0 saturated heterocycles. The van der Waals surface area contributed by atoms with E-state index in [1.807, 2.05) is 0 Å². The van der Waals surface area contributed by atoms with E-state index in [9.17, 15) is 0 Å². The van der Waals surface area contributed by atoms with E-state index >= 15 is 0 Å². The summed E-state index contributed by atoms with van der Waals surface area (Å²) < 4.78 is 6.92. The summed E-state index contributed by atoms with van der Waals surface area (Å²) in [5.41, 5.74) is 2.92. The molecule has 0 saturated carbocycles. The van der Waals surface area contributed by atoms with Gasteiger partial charge in [0.1, 0.15) is 5.75 Å². The van der Waals surface area contributed by atoms with Gasteiger partial charge in [-0.15, -0.1) is 0 Å². The molecule has 72 valence electrons. The third kappa shape index (κ3) is 1.00. The fraction of sp³-hybridized carbons (Fsp3) is 0.333. The third-order valence-electron chi connectivity index (χ3n) is 3.25. The van der Waals surface area contributed by atoms with Crippen molar-refractivity contribution < 1.29 is 4.74 Å². The van der Waals surface area contributed by atoms with Gasteiger partial charge < -0.3 is 4.74 Å². The van der Waals surface area contributed by atoms with E-state index < -0.39 is 0 Å². The Hall–Kier alpha value is -0.510. The Kier molecular flexibility index (Phi) is 1.87. The molecule has 1 aromatic carbocycles. The average molecular weight is 298 g/mol. The molecule has 2 heteroatoms. The molecule has 0 heterocycles. The summed E-state index contributed by atoms with van der Waals surface area (Å²) >= 11 is 2.47. The molecule has 2 bridgehead atoms. The van der Waals surface area contributed by atoms with Crippen molar-refractivity contribution in [2.45, 2.75) is 18.3 Å². The van der Waals surface area contributed by atoms with Crippen molar-refractivity contribution >= 4 is 22.6 Å². The molecule has 0 N–H and O–H groups in total. The van der Waals surface area contributed by atoms with Crippen molar-refractivity contribution in [1.29, 1.82) is 0 Å². The summed E-state index contributed by atoms with van der Waals surface area (Å²) in [6, 6.07) is 6.41. The lowest BCUT2D eigenvalue weighted by molar-refractivity contribution is 0.409. The number of ether oxygens (including phenoxy) is 1. The van der Waals surface area contributed by atoms with Crippen molar-refractivity contribution in [3.8, 4) is 5.75 Å². The molecular formula is C12H11IO. The van der Waals surface area contributed by atoms with Crippen molar-refractivity contribution in [3.63, 3.8) is 0 Å². The molecule has 2 unspecified atom stereocenters. The predicted octanol–water partition coefficient (Wildman–Crippen LogP) is 3.60. The number of methoxy groups -OCH3 is 1. The van der Waals surface area contributed by atoms with Crippen LogP contribution in [0.5, 0.6) is 5.75 Å². The largest absolute Gasteiger partial charge is 0.496 e. The van der Waals surface area contributed by atoms with E-state index in [1.54, 1.807) is 7.11 Å². The Balaban J connectivity index is 2.20. The first-order chi connectivity index (χ1) is 6.81. The minimum Gasteiger partial charge on any atom is -0.496 e. The first kappa shape index (κ1) is 8.77. The molecule has 2 aliphatic rings. The van der Waals surface area contributed by atoms with Gasteiger partial charge in [-0.2, -0.15) is 0 Å². The van der Waals surface area contributed by atoms with Gasteiger partial charge in [0.15, 0.2) is 0 Å². The Morgan fingerprint density at radius 2 is 2.29 bits per heavy atom. The van der Waals surface area contributed by atoms with Gasteiger partial charge in [-0.25, -0.2) is 0 Å². The summed E-state index contributed by atoms with van der Waals surface area (Å²) in [6.45, 7) is 0. The minimum atomic E-state index is 0.609. The van der Waals surface area contributed by atoms with E-state index in [4.69, 9.17) is 4.74 Å². The Morgan fingerprint density at radius 3 is 3.07 bits per heavy atom. The molecule has 2 atom stereocenters. The number of benzene rings is 1. The lowest BCUT2D eigenvalue weighted by Crippen LogP contribution is -1.98. The molecule has 1 nitrogen and oxygen atoms in total. The fourth-order valence-corrected chi connectivity index (χ4v) is 3.68. The summed E-state index contributed by atoms with van der Waals surface area (Å²) in [4.78, 5) is 0. The third-order valence-corrected chi connectivity index (χ3v) is 4.36. The zero-order valence-electron chi connectivity index (χ0n) is 7.96. The van der Waals surface area contributed by atoms with Crippen LogP contribution in [0.25, 0.3) is 0 Å². The van der Waals surface area contributed by atoms with Crippen molar-refractivity contribution in [3.05, 3.63) is 39.0 Å². The molecule has 0 spiro atoms. The maximum Gasteiger partial charge on any atom is 0.122 e. The van der Waals surface area contributed by atoms with Crippen LogP contribution in [0.2, 0.25) is 0 Å². The molecule has 3 rings (SSSR count). The topological polar surface area (TPSA) is 9.23 Å². The molecule has 14 heavy (non-hydrogen) atoms. The van der Waals surface area contributed by atoms with Crippen molar-refractivity contribution in [1.82, 2.24) is 0 Å². The van der Waals surface area contributed by atoms with E-state index in [0.717, 1.165) is 5.75 Å². The van der Waals surface area contributed by atoms with E-state index in [0.29, 0.717) is 11.8 Å².